The van der Waals surface area contributed by atoms with Gasteiger partial charge in [0, 0.05) is 0 Å². The summed E-state index contributed by atoms with van der Waals surface area (Å²) < 4.78 is 4.99. The lowest BCUT2D eigenvalue weighted by molar-refractivity contribution is 0.0635. The number of nitrogens with zero attached hydrogens (tertiary/aromatic N) is 1. The molecule has 1 aromatic rings. The minimum absolute atomic E-state index is 0.0407. The van der Waals surface area contributed by atoms with Crippen LogP contribution < -0.4 is 5.32 Å². The van der Waals surface area contributed by atoms with Crippen LogP contribution in [-0.4, -0.2) is 27.8 Å². The van der Waals surface area contributed by atoms with Crippen LogP contribution in [0.5, 0.6) is 0 Å². The molecule has 0 spiro atoms. The van der Waals surface area contributed by atoms with Crippen molar-refractivity contribution in [1.82, 2.24) is 4.98 Å². The summed E-state index contributed by atoms with van der Waals surface area (Å²) in [5.74, 6) is -1.60. The van der Waals surface area contributed by atoms with E-state index in [4.69, 9.17) is 33.0 Å². The Balaban J connectivity index is 3.07. The zero-order valence-electron chi connectivity index (χ0n) is 10.5. The molecule has 0 aromatic carbocycles. The highest BCUT2D eigenvalue weighted by Gasteiger charge is 2.22. The van der Waals surface area contributed by atoms with Gasteiger partial charge in [-0.05, 0) is 26.8 Å². The Hall–Kier alpha value is -1.53. The molecule has 8 heteroatoms. The summed E-state index contributed by atoms with van der Waals surface area (Å²) in [4.78, 5) is 26.3. The molecule has 0 atom stereocenters. The zero-order chi connectivity index (χ0) is 14.8. The number of ether oxygens (including phenoxy) is 1. The van der Waals surface area contributed by atoms with Crippen molar-refractivity contribution < 1.29 is 19.4 Å². The zero-order valence-corrected chi connectivity index (χ0v) is 12.0. The Kier molecular flexibility index (Phi) is 4.60. The minimum atomic E-state index is -1.33. The van der Waals surface area contributed by atoms with Crippen LogP contribution in [0.15, 0.2) is 6.07 Å². The van der Waals surface area contributed by atoms with Gasteiger partial charge in [-0.25, -0.2) is 14.6 Å². The third-order valence-corrected chi connectivity index (χ3v) is 2.26. The van der Waals surface area contributed by atoms with Crippen LogP contribution >= 0.6 is 23.2 Å². The normalized spacial score (nSPS) is 11.0. The van der Waals surface area contributed by atoms with Gasteiger partial charge >= 0.3 is 12.1 Å². The summed E-state index contributed by atoms with van der Waals surface area (Å²) in [5.41, 5.74) is -1.08. The molecule has 6 nitrogen and oxygen atoms in total. The van der Waals surface area contributed by atoms with Crippen LogP contribution in [0.2, 0.25) is 10.2 Å². The average Bonchev–Trinajstić information content (AvgIpc) is 2.10. The number of amides is 1. The van der Waals surface area contributed by atoms with Crippen molar-refractivity contribution in [3.8, 4) is 0 Å². The van der Waals surface area contributed by atoms with Crippen LogP contribution in [0.25, 0.3) is 0 Å². The van der Waals surface area contributed by atoms with Gasteiger partial charge in [-0.3, -0.25) is 5.32 Å². The maximum atomic E-state index is 11.6. The number of carboxylic acids is 1. The van der Waals surface area contributed by atoms with Crippen molar-refractivity contribution in [2.24, 2.45) is 0 Å². The lowest BCUT2D eigenvalue weighted by Gasteiger charge is -2.20. The second-order valence-electron chi connectivity index (χ2n) is 4.58. The number of halogens is 2. The Morgan fingerprint density at radius 1 is 1.37 bits per heavy atom. The summed E-state index contributed by atoms with van der Waals surface area (Å²) in [7, 11) is 0. The summed E-state index contributed by atoms with van der Waals surface area (Å²) in [5, 5.41) is 11.1. The number of nitrogens with one attached hydrogen (secondary N) is 1. The predicted octanol–water partition coefficient (Wildman–Crippen LogP) is 3.43. The molecule has 0 unspecified atom stereocenters. The van der Waals surface area contributed by atoms with Gasteiger partial charge < -0.3 is 9.84 Å². The van der Waals surface area contributed by atoms with Gasteiger partial charge in [-0.2, -0.15) is 0 Å². The number of aromatic nitrogens is 1. The van der Waals surface area contributed by atoms with E-state index in [1.165, 1.54) is 6.07 Å². The van der Waals surface area contributed by atoms with Crippen LogP contribution in [0.1, 0.15) is 31.1 Å². The molecule has 0 aliphatic carbocycles. The molecule has 1 rings (SSSR count). The van der Waals surface area contributed by atoms with Gasteiger partial charge in [0.1, 0.15) is 16.3 Å². The predicted molar refractivity (Wildman–Crippen MR) is 71.1 cm³/mol. The second kappa shape index (κ2) is 5.63. The summed E-state index contributed by atoms with van der Waals surface area (Å²) in [6, 6.07) is 1.17. The Morgan fingerprint density at radius 2 is 1.95 bits per heavy atom. The highest BCUT2D eigenvalue weighted by Crippen LogP contribution is 2.26. The van der Waals surface area contributed by atoms with E-state index < -0.39 is 17.7 Å². The first-order chi connectivity index (χ1) is 8.60. The summed E-state index contributed by atoms with van der Waals surface area (Å²) >= 11 is 11.4. The van der Waals surface area contributed by atoms with Crippen LogP contribution in [0.3, 0.4) is 0 Å². The molecule has 0 bridgehead atoms. The van der Waals surface area contributed by atoms with Crippen LogP contribution in [0.4, 0.5) is 10.6 Å². The third kappa shape index (κ3) is 4.57. The number of hydrogen-bond donors (Lipinski definition) is 2. The fourth-order valence-electron chi connectivity index (χ4n) is 1.18. The maximum Gasteiger partial charge on any atom is 0.413 e. The standard InChI is InChI=1S/C11H12Cl2N2O4/c1-11(2,3)19-10(18)15-8-7(9(16)17)5(12)4-6(13)14-8/h4H,1-3H3,(H,16,17)(H,14,15,18). The molecule has 0 saturated carbocycles. The quantitative estimate of drug-likeness (QED) is 0.817. The lowest BCUT2D eigenvalue weighted by Crippen LogP contribution is -2.28. The van der Waals surface area contributed by atoms with Gasteiger partial charge in [-0.15, -0.1) is 0 Å². The maximum absolute atomic E-state index is 11.6. The van der Waals surface area contributed by atoms with Crippen molar-refractivity contribution in [3.05, 3.63) is 21.8 Å². The number of carboxylic acid groups (broad SMARTS) is 1. The monoisotopic (exact) mass is 306 g/mol. The molecule has 19 heavy (non-hydrogen) atoms. The van der Waals surface area contributed by atoms with E-state index in [-0.39, 0.29) is 21.6 Å². The smallest absolute Gasteiger partial charge is 0.413 e. The van der Waals surface area contributed by atoms with Gasteiger partial charge in [0.05, 0.1) is 5.02 Å². The summed E-state index contributed by atoms with van der Waals surface area (Å²) in [6.45, 7) is 5.01. The molecule has 0 radical (unpaired) electrons. The fourth-order valence-corrected chi connectivity index (χ4v) is 1.70. The molecule has 0 aliphatic heterocycles. The van der Waals surface area contributed by atoms with Crippen molar-refractivity contribution in [2.75, 3.05) is 5.32 Å². The first kappa shape index (κ1) is 15.5. The topological polar surface area (TPSA) is 88.5 Å². The van der Waals surface area contributed by atoms with E-state index in [0.717, 1.165) is 0 Å². The summed E-state index contributed by atoms with van der Waals surface area (Å²) in [6.07, 6.45) is -0.846. The van der Waals surface area contributed by atoms with Crippen molar-refractivity contribution in [3.63, 3.8) is 0 Å². The highest BCUT2D eigenvalue weighted by molar-refractivity contribution is 6.36. The molecule has 0 saturated heterocycles. The molecule has 0 aliphatic rings. The van der Waals surface area contributed by atoms with Crippen LogP contribution in [-0.2, 0) is 4.74 Å². The number of rotatable bonds is 2. The second-order valence-corrected chi connectivity index (χ2v) is 5.38. The third-order valence-electron chi connectivity index (χ3n) is 1.77. The van der Waals surface area contributed by atoms with Gasteiger partial charge in [0.15, 0.2) is 5.82 Å². The average molecular weight is 307 g/mol. The molecule has 1 aromatic heterocycles. The molecular formula is C11H12Cl2N2O4. The number of pyridine rings is 1. The molecule has 1 heterocycles. The van der Waals surface area contributed by atoms with Crippen molar-refractivity contribution in [2.45, 2.75) is 26.4 Å². The van der Waals surface area contributed by atoms with E-state index in [1.807, 2.05) is 0 Å². The Labute approximate surface area is 119 Å². The van der Waals surface area contributed by atoms with Gasteiger partial charge in [0.2, 0.25) is 0 Å². The van der Waals surface area contributed by atoms with E-state index in [2.05, 4.69) is 10.3 Å². The fraction of sp³-hybridized carbons (Fsp3) is 0.364. The number of anilines is 1. The van der Waals surface area contributed by atoms with Gasteiger partial charge in [-0.1, -0.05) is 23.2 Å². The van der Waals surface area contributed by atoms with Gasteiger partial charge in [0.25, 0.3) is 0 Å². The van der Waals surface area contributed by atoms with Crippen molar-refractivity contribution >= 4 is 41.1 Å². The number of carbonyl (C=O) groups is 2. The molecular weight excluding hydrogens is 295 g/mol. The molecule has 104 valence electrons. The van der Waals surface area contributed by atoms with E-state index in [1.54, 1.807) is 20.8 Å². The first-order valence-electron chi connectivity index (χ1n) is 5.19. The molecule has 2 N–H and O–H groups in total. The lowest BCUT2D eigenvalue weighted by atomic mass is 10.2. The van der Waals surface area contributed by atoms with Crippen molar-refractivity contribution in [1.29, 1.82) is 0 Å². The Bertz CT molecular complexity index is 526. The molecule has 1 amide bonds. The van der Waals surface area contributed by atoms with E-state index in [9.17, 15) is 9.59 Å². The van der Waals surface area contributed by atoms with E-state index in [0.29, 0.717) is 0 Å². The SMILES string of the molecule is CC(C)(C)OC(=O)Nc1nc(Cl)cc(Cl)c1C(=O)O. The number of hydrogen-bond acceptors (Lipinski definition) is 4. The molecule has 0 fully saturated rings. The number of carbonyl (C=O) groups excluding carboxylic acids is 1. The minimum Gasteiger partial charge on any atom is -0.478 e. The highest BCUT2D eigenvalue weighted by atomic mass is 35.5. The number of aromatic carboxylic acids is 1. The Morgan fingerprint density at radius 3 is 2.42 bits per heavy atom. The largest absolute Gasteiger partial charge is 0.478 e. The first-order valence-corrected chi connectivity index (χ1v) is 5.95. The van der Waals surface area contributed by atoms with E-state index >= 15 is 0 Å². The van der Waals surface area contributed by atoms with Crippen LogP contribution in [0, 0.1) is 0 Å².